The van der Waals surface area contributed by atoms with Crippen LogP contribution in [0.3, 0.4) is 0 Å². The van der Waals surface area contributed by atoms with Gasteiger partial charge in [0, 0.05) is 18.6 Å². The van der Waals surface area contributed by atoms with Crippen molar-refractivity contribution in [3.05, 3.63) is 0 Å². The highest BCUT2D eigenvalue weighted by Gasteiger charge is 2.25. The average molecular weight is 209 g/mol. The zero-order valence-corrected chi connectivity index (χ0v) is 10.2. The molecule has 0 heterocycles. The Morgan fingerprint density at radius 2 is 2.13 bits per heavy atom. The molecule has 0 aromatic carbocycles. The van der Waals surface area contributed by atoms with E-state index in [0.29, 0.717) is 12.1 Å². The SMILES string of the molecule is CCCN(CC(C#N)NC1CC1)C(C)C. The molecule has 0 aromatic rings. The number of nitriles is 1. The van der Waals surface area contributed by atoms with Crippen molar-refractivity contribution in [3.63, 3.8) is 0 Å². The summed E-state index contributed by atoms with van der Waals surface area (Å²) in [6.45, 7) is 8.52. The van der Waals surface area contributed by atoms with Crippen LogP contribution in [0.1, 0.15) is 40.0 Å². The van der Waals surface area contributed by atoms with E-state index in [2.05, 4.69) is 37.1 Å². The Kier molecular flexibility index (Phi) is 5.07. The maximum absolute atomic E-state index is 9.06. The van der Waals surface area contributed by atoms with Crippen LogP contribution in [-0.4, -0.2) is 36.1 Å². The third kappa shape index (κ3) is 4.63. The van der Waals surface area contributed by atoms with E-state index >= 15 is 0 Å². The maximum Gasteiger partial charge on any atom is 0.108 e. The molecular weight excluding hydrogens is 186 g/mol. The summed E-state index contributed by atoms with van der Waals surface area (Å²) >= 11 is 0. The molecule has 1 saturated carbocycles. The molecule has 1 unspecified atom stereocenters. The third-order valence-corrected chi connectivity index (χ3v) is 2.83. The minimum Gasteiger partial charge on any atom is -0.298 e. The number of nitrogens with one attached hydrogen (secondary N) is 1. The molecule has 1 atom stereocenters. The molecule has 0 saturated heterocycles. The fraction of sp³-hybridized carbons (Fsp3) is 0.917. The molecule has 0 spiro atoms. The Morgan fingerprint density at radius 1 is 1.47 bits per heavy atom. The van der Waals surface area contributed by atoms with Crippen LogP contribution in [0.2, 0.25) is 0 Å². The second-order valence-corrected chi connectivity index (χ2v) is 4.71. The van der Waals surface area contributed by atoms with Gasteiger partial charge in [0.1, 0.15) is 6.04 Å². The van der Waals surface area contributed by atoms with Crippen LogP contribution >= 0.6 is 0 Å². The fourth-order valence-corrected chi connectivity index (χ4v) is 1.75. The monoisotopic (exact) mass is 209 g/mol. The Labute approximate surface area is 93.5 Å². The second kappa shape index (κ2) is 6.09. The first-order valence-electron chi connectivity index (χ1n) is 6.07. The standard InChI is InChI=1S/C12H23N3/c1-4-7-15(10(2)3)9-12(8-13)14-11-5-6-11/h10-12,14H,4-7,9H2,1-3H3. The maximum atomic E-state index is 9.06. The highest BCUT2D eigenvalue weighted by atomic mass is 15.2. The fourth-order valence-electron chi connectivity index (χ4n) is 1.75. The molecule has 0 bridgehead atoms. The van der Waals surface area contributed by atoms with Crippen molar-refractivity contribution in [2.45, 2.75) is 58.2 Å². The number of hydrogen-bond acceptors (Lipinski definition) is 3. The van der Waals surface area contributed by atoms with Crippen molar-refractivity contribution in [3.8, 4) is 6.07 Å². The summed E-state index contributed by atoms with van der Waals surface area (Å²) < 4.78 is 0. The highest BCUT2D eigenvalue weighted by molar-refractivity contribution is 4.97. The van der Waals surface area contributed by atoms with Crippen LogP contribution in [0.5, 0.6) is 0 Å². The molecule has 0 radical (unpaired) electrons. The lowest BCUT2D eigenvalue weighted by Gasteiger charge is -2.28. The van der Waals surface area contributed by atoms with Crippen molar-refractivity contribution in [2.24, 2.45) is 0 Å². The lowest BCUT2D eigenvalue weighted by Crippen LogP contribution is -2.44. The van der Waals surface area contributed by atoms with E-state index in [0.717, 1.165) is 19.5 Å². The number of rotatable bonds is 7. The van der Waals surface area contributed by atoms with Crippen LogP contribution in [0.15, 0.2) is 0 Å². The molecule has 1 aliphatic rings. The quantitative estimate of drug-likeness (QED) is 0.694. The van der Waals surface area contributed by atoms with Gasteiger partial charge in [-0.1, -0.05) is 6.92 Å². The summed E-state index contributed by atoms with van der Waals surface area (Å²) in [5, 5.41) is 12.4. The van der Waals surface area contributed by atoms with Gasteiger partial charge in [-0.05, 0) is 39.7 Å². The topological polar surface area (TPSA) is 39.1 Å². The predicted octanol–water partition coefficient (Wildman–Crippen LogP) is 1.75. The van der Waals surface area contributed by atoms with Gasteiger partial charge in [-0.2, -0.15) is 5.26 Å². The van der Waals surface area contributed by atoms with E-state index in [9.17, 15) is 0 Å². The van der Waals surface area contributed by atoms with Gasteiger partial charge in [0.15, 0.2) is 0 Å². The Bertz CT molecular complexity index is 215. The summed E-state index contributed by atoms with van der Waals surface area (Å²) in [7, 11) is 0. The Balaban J connectivity index is 2.35. The molecule has 1 fully saturated rings. The summed E-state index contributed by atoms with van der Waals surface area (Å²) in [6.07, 6.45) is 3.64. The molecule has 3 heteroatoms. The van der Waals surface area contributed by atoms with Gasteiger partial charge in [-0.15, -0.1) is 0 Å². The smallest absolute Gasteiger partial charge is 0.108 e. The van der Waals surface area contributed by atoms with Gasteiger partial charge < -0.3 is 0 Å². The van der Waals surface area contributed by atoms with Crippen molar-refractivity contribution < 1.29 is 0 Å². The van der Waals surface area contributed by atoms with E-state index in [4.69, 9.17) is 5.26 Å². The summed E-state index contributed by atoms with van der Waals surface area (Å²) in [6, 6.07) is 3.52. The molecule has 0 aliphatic heterocycles. The first-order valence-corrected chi connectivity index (χ1v) is 6.07. The van der Waals surface area contributed by atoms with Gasteiger partial charge in [0.2, 0.25) is 0 Å². The van der Waals surface area contributed by atoms with E-state index in [1.54, 1.807) is 0 Å². The predicted molar refractivity (Wildman–Crippen MR) is 62.6 cm³/mol. The normalized spacial score (nSPS) is 18.1. The zero-order chi connectivity index (χ0) is 11.3. The van der Waals surface area contributed by atoms with E-state index in [-0.39, 0.29) is 6.04 Å². The van der Waals surface area contributed by atoms with E-state index in [1.807, 2.05) is 0 Å². The average Bonchev–Trinajstić information content (AvgIpc) is 2.99. The molecular formula is C12H23N3. The summed E-state index contributed by atoms with van der Waals surface area (Å²) in [5.74, 6) is 0. The summed E-state index contributed by atoms with van der Waals surface area (Å²) in [5.41, 5.74) is 0. The van der Waals surface area contributed by atoms with Gasteiger partial charge in [-0.25, -0.2) is 0 Å². The van der Waals surface area contributed by atoms with Crippen molar-refractivity contribution >= 4 is 0 Å². The van der Waals surface area contributed by atoms with Gasteiger partial charge >= 0.3 is 0 Å². The molecule has 0 aromatic heterocycles. The molecule has 1 aliphatic carbocycles. The zero-order valence-electron chi connectivity index (χ0n) is 10.2. The lowest BCUT2D eigenvalue weighted by atomic mass is 10.2. The Morgan fingerprint density at radius 3 is 2.53 bits per heavy atom. The minimum absolute atomic E-state index is 0.00597. The first kappa shape index (κ1) is 12.5. The lowest BCUT2D eigenvalue weighted by molar-refractivity contribution is 0.209. The first-order chi connectivity index (χ1) is 7.17. The number of hydrogen-bond donors (Lipinski definition) is 1. The largest absolute Gasteiger partial charge is 0.298 e. The highest BCUT2D eigenvalue weighted by Crippen LogP contribution is 2.19. The van der Waals surface area contributed by atoms with Crippen molar-refractivity contribution in [2.75, 3.05) is 13.1 Å². The van der Waals surface area contributed by atoms with Crippen LogP contribution in [0.4, 0.5) is 0 Å². The molecule has 1 rings (SSSR count). The van der Waals surface area contributed by atoms with Gasteiger partial charge in [0.05, 0.1) is 6.07 Å². The molecule has 15 heavy (non-hydrogen) atoms. The van der Waals surface area contributed by atoms with Gasteiger partial charge in [0.25, 0.3) is 0 Å². The molecule has 0 amide bonds. The second-order valence-electron chi connectivity index (χ2n) is 4.71. The van der Waals surface area contributed by atoms with Crippen molar-refractivity contribution in [1.82, 2.24) is 10.2 Å². The molecule has 86 valence electrons. The van der Waals surface area contributed by atoms with Crippen LogP contribution in [0.25, 0.3) is 0 Å². The van der Waals surface area contributed by atoms with Crippen molar-refractivity contribution in [1.29, 1.82) is 5.26 Å². The number of nitrogens with zero attached hydrogens (tertiary/aromatic N) is 2. The summed E-state index contributed by atoms with van der Waals surface area (Å²) in [4.78, 5) is 2.38. The van der Waals surface area contributed by atoms with Crippen LogP contribution in [-0.2, 0) is 0 Å². The van der Waals surface area contributed by atoms with E-state index < -0.39 is 0 Å². The van der Waals surface area contributed by atoms with Crippen LogP contribution in [0, 0.1) is 11.3 Å². The molecule has 1 N–H and O–H groups in total. The van der Waals surface area contributed by atoms with E-state index in [1.165, 1.54) is 12.8 Å². The van der Waals surface area contributed by atoms with Crippen LogP contribution < -0.4 is 5.32 Å². The minimum atomic E-state index is 0.00597. The Hall–Kier alpha value is -0.590. The van der Waals surface area contributed by atoms with Gasteiger partial charge in [-0.3, -0.25) is 10.2 Å². The molecule has 3 nitrogen and oxygen atoms in total. The third-order valence-electron chi connectivity index (χ3n) is 2.83.